The number of H-pyrrole nitrogens is 1. The number of likely N-dealkylation sites (tertiary alicyclic amines) is 1. The number of hydrogen-bond acceptors (Lipinski definition) is 6. The second kappa shape index (κ2) is 7.75. The van der Waals surface area contributed by atoms with Crippen LogP contribution in [0.1, 0.15) is 31.9 Å². The molecule has 2 aliphatic heterocycles. The van der Waals surface area contributed by atoms with Crippen LogP contribution in [0.3, 0.4) is 0 Å². The molecule has 1 aromatic heterocycles. The Labute approximate surface area is 154 Å². The molecule has 0 aromatic carbocycles. The van der Waals surface area contributed by atoms with Crippen LogP contribution in [0, 0.1) is 0 Å². The Kier molecular flexibility index (Phi) is 5.62. The van der Waals surface area contributed by atoms with Gasteiger partial charge in [-0.25, -0.2) is 4.98 Å². The van der Waals surface area contributed by atoms with E-state index in [2.05, 4.69) is 14.9 Å². The lowest BCUT2D eigenvalue weighted by molar-refractivity contribution is -0.141. The third-order valence-corrected chi connectivity index (χ3v) is 5.22. The zero-order valence-electron chi connectivity index (χ0n) is 16.1. The van der Waals surface area contributed by atoms with Crippen LogP contribution >= 0.6 is 0 Å². The number of likely N-dealkylation sites (N-methyl/N-ethyl adjacent to an activating group) is 1. The number of carbonyl (C=O) groups excluding carboxylic acids is 1. The van der Waals surface area contributed by atoms with E-state index in [0.29, 0.717) is 19.0 Å². The number of amides is 1. The molecule has 3 rings (SSSR count). The maximum Gasteiger partial charge on any atom is 0.252 e. The van der Waals surface area contributed by atoms with Gasteiger partial charge in [0.1, 0.15) is 6.10 Å². The summed E-state index contributed by atoms with van der Waals surface area (Å²) in [7, 11) is 5.71. The molecule has 0 radical (unpaired) electrons. The summed E-state index contributed by atoms with van der Waals surface area (Å²) < 4.78 is 5.72. The highest BCUT2D eigenvalue weighted by molar-refractivity contribution is 5.81. The molecule has 2 saturated heterocycles. The van der Waals surface area contributed by atoms with Crippen molar-refractivity contribution in [3.8, 4) is 0 Å². The minimum atomic E-state index is -0.272. The molecular formula is C18H29N5O3. The van der Waals surface area contributed by atoms with E-state index >= 15 is 0 Å². The fourth-order valence-corrected chi connectivity index (χ4v) is 3.66. The van der Waals surface area contributed by atoms with Gasteiger partial charge in [0, 0.05) is 45.8 Å². The molecule has 2 fully saturated rings. The molecular weight excluding hydrogens is 334 g/mol. The van der Waals surface area contributed by atoms with E-state index in [1.807, 2.05) is 33.0 Å². The van der Waals surface area contributed by atoms with Crippen LogP contribution in [0.2, 0.25) is 0 Å². The number of nitrogens with one attached hydrogen (secondary N) is 1. The van der Waals surface area contributed by atoms with Gasteiger partial charge in [0.2, 0.25) is 5.95 Å². The van der Waals surface area contributed by atoms with Crippen LogP contribution in [-0.4, -0.2) is 78.2 Å². The quantitative estimate of drug-likeness (QED) is 0.817. The largest absolute Gasteiger partial charge is 0.365 e. The number of aromatic amines is 1. The van der Waals surface area contributed by atoms with E-state index in [-0.39, 0.29) is 29.7 Å². The van der Waals surface area contributed by atoms with Crippen LogP contribution in [0.15, 0.2) is 10.9 Å². The smallest absolute Gasteiger partial charge is 0.252 e. The summed E-state index contributed by atoms with van der Waals surface area (Å²) in [6, 6.07) is 1.80. The van der Waals surface area contributed by atoms with Crippen molar-refractivity contribution in [1.82, 2.24) is 19.8 Å². The van der Waals surface area contributed by atoms with Gasteiger partial charge in [-0.05, 0) is 33.2 Å². The number of aromatic nitrogens is 2. The van der Waals surface area contributed by atoms with Gasteiger partial charge < -0.3 is 14.5 Å². The maximum absolute atomic E-state index is 12.6. The van der Waals surface area contributed by atoms with Crippen LogP contribution in [0.4, 0.5) is 5.95 Å². The van der Waals surface area contributed by atoms with Gasteiger partial charge in [-0.15, -0.1) is 0 Å². The van der Waals surface area contributed by atoms with E-state index in [4.69, 9.17) is 4.74 Å². The fourth-order valence-electron chi connectivity index (χ4n) is 3.66. The minimum absolute atomic E-state index is 0.120. The number of carbonyl (C=O) groups is 1. The minimum Gasteiger partial charge on any atom is -0.365 e. The van der Waals surface area contributed by atoms with Crippen molar-refractivity contribution < 1.29 is 9.53 Å². The standard InChI is InChI=1S/C18H29N5O3/c1-12-5-6-15(26-12)17(25)23-8-7-14(11-23)22(4)10-13-9-16(24)20-18(19-13)21(2)3/h9,12,14-15H,5-8,10-11H2,1-4H3,(H,19,20,24)/t12-,14+,15+/m1/s1. The molecule has 0 spiro atoms. The summed E-state index contributed by atoms with van der Waals surface area (Å²) in [4.78, 5) is 37.5. The second-order valence-corrected chi connectivity index (χ2v) is 7.61. The zero-order valence-corrected chi connectivity index (χ0v) is 16.1. The molecule has 3 atom stereocenters. The van der Waals surface area contributed by atoms with E-state index in [1.54, 1.807) is 4.90 Å². The Bertz CT molecular complexity index is 704. The first-order chi connectivity index (χ1) is 12.3. The first-order valence-electron chi connectivity index (χ1n) is 9.25. The lowest BCUT2D eigenvalue weighted by Gasteiger charge is -2.25. The van der Waals surface area contributed by atoms with Crippen LogP contribution in [0.25, 0.3) is 0 Å². The Morgan fingerprint density at radius 1 is 1.35 bits per heavy atom. The van der Waals surface area contributed by atoms with Crippen molar-refractivity contribution >= 4 is 11.9 Å². The lowest BCUT2D eigenvalue weighted by Crippen LogP contribution is -2.40. The number of anilines is 1. The third-order valence-electron chi connectivity index (χ3n) is 5.22. The summed E-state index contributed by atoms with van der Waals surface area (Å²) in [6.07, 6.45) is 2.61. The SMILES string of the molecule is C[C@@H]1CC[C@@H](C(=O)N2CC[C@H](N(C)Cc3cc(=O)[nH]c(N(C)C)n3)C2)O1. The number of ether oxygens (including phenoxy) is 1. The van der Waals surface area contributed by atoms with E-state index in [9.17, 15) is 9.59 Å². The maximum atomic E-state index is 12.6. The molecule has 3 heterocycles. The molecule has 144 valence electrons. The van der Waals surface area contributed by atoms with Crippen LogP contribution in [-0.2, 0) is 16.1 Å². The van der Waals surface area contributed by atoms with Gasteiger partial charge in [0.15, 0.2) is 0 Å². The Hall–Kier alpha value is -1.93. The average Bonchev–Trinajstić information content (AvgIpc) is 3.22. The van der Waals surface area contributed by atoms with Crippen LogP contribution < -0.4 is 10.5 Å². The van der Waals surface area contributed by atoms with Crippen molar-refractivity contribution in [2.24, 2.45) is 0 Å². The Morgan fingerprint density at radius 2 is 2.12 bits per heavy atom. The van der Waals surface area contributed by atoms with Gasteiger partial charge in [-0.1, -0.05) is 0 Å². The highest BCUT2D eigenvalue weighted by atomic mass is 16.5. The first kappa shape index (κ1) is 18.8. The van der Waals surface area contributed by atoms with Crippen molar-refractivity contribution in [2.75, 3.05) is 39.1 Å². The molecule has 0 unspecified atom stereocenters. The predicted molar refractivity (Wildman–Crippen MR) is 99.2 cm³/mol. The molecule has 26 heavy (non-hydrogen) atoms. The van der Waals surface area contributed by atoms with Crippen molar-refractivity contribution in [2.45, 2.75) is 51.0 Å². The number of nitrogens with zero attached hydrogens (tertiary/aromatic N) is 4. The Morgan fingerprint density at radius 3 is 2.77 bits per heavy atom. The molecule has 0 bridgehead atoms. The number of rotatable bonds is 5. The molecule has 0 saturated carbocycles. The highest BCUT2D eigenvalue weighted by Crippen LogP contribution is 2.24. The van der Waals surface area contributed by atoms with Crippen LogP contribution in [0.5, 0.6) is 0 Å². The van der Waals surface area contributed by atoms with E-state index in [1.165, 1.54) is 6.07 Å². The second-order valence-electron chi connectivity index (χ2n) is 7.61. The average molecular weight is 363 g/mol. The Balaban J connectivity index is 1.59. The summed E-state index contributed by atoms with van der Waals surface area (Å²) >= 11 is 0. The van der Waals surface area contributed by atoms with E-state index in [0.717, 1.165) is 31.5 Å². The lowest BCUT2D eigenvalue weighted by atomic mass is 10.2. The summed E-state index contributed by atoms with van der Waals surface area (Å²) in [5.74, 6) is 0.672. The van der Waals surface area contributed by atoms with Gasteiger partial charge in [0.05, 0.1) is 11.8 Å². The summed E-state index contributed by atoms with van der Waals surface area (Å²) in [6.45, 7) is 4.06. The molecule has 8 nitrogen and oxygen atoms in total. The highest BCUT2D eigenvalue weighted by Gasteiger charge is 2.36. The van der Waals surface area contributed by atoms with Gasteiger partial charge >= 0.3 is 0 Å². The van der Waals surface area contributed by atoms with Gasteiger partial charge in [-0.3, -0.25) is 19.5 Å². The summed E-state index contributed by atoms with van der Waals surface area (Å²) in [5.41, 5.74) is 0.584. The van der Waals surface area contributed by atoms with Crippen molar-refractivity contribution in [3.63, 3.8) is 0 Å². The van der Waals surface area contributed by atoms with Gasteiger partial charge in [0.25, 0.3) is 11.5 Å². The molecule has 1 aromatic rings. The molecule has 1 N–H and O–H groups in total. The first-order valence-corrected chi connectivity index (χ1v) is 9.25. The van der Waals surface area contributed by atoms with Crippen molar-refractivity contribution in [3.05, 3.63) is 22.1 Å². The third kappa shape index (κ3) is 4.24. The van der Waals surface area contributed by atoms with Gasteiger partial charge in [-0.2, -0.15) is 0 Å². The predicted octanol–water partition coefficient (Wildman–Crippen LogP) is 0.436. The number of hydrogen-bond donors (Lipinski definition) is 1. The molecule has 8 heteroatoms. The van der Waals surface area contributed by atoms with E-state index < -0.39 is 0 Å². The monoisotopic (exact) mass is 363 g/mol. The molecule has 2 aliphatic rings. The molecule has 1 amide bonds. The van der Waals surface area contributed by atoms with Crippen molar-refractivity contribution in [1.29, 1.82) is 0 Å². The summed E-state index contributed by atoms with van der Waals surface area (Å²) in [5, 5.41) is 0. The normalized spacial score (nSPS) is 25.9. The fraction of sp³-hybridized carbons (Fsp3) is 0.722. The zero-order chi connectivity index (χ0) is 18.8. The molecule has 0 aliphatic carbocycles. The topological polar surface area (TPSA) is 81.8 Å².